The molecule has 0 spiro atoms. The number of carbonyl (C=O) groups is 1. The first-order valence-electron chi connectivity index (χ1n) is 5.30. The lowest BCUT2D eigenvalue weighted by atomic mass is 10.0. The van der Waals surface area contributed by atoms with Crippen LogP contribution in [0.15, 0.2) is 42.5 Å². The Morgan fingerprint density at radius 1 is 1.05 bits per heavy atom. The summed E-state index contributed by atoms with van der Waals surface area (Å²) < 4.78 is 0. The van der Waals surface area contributed by atoms with Gasteiger partial charge in [-0.25, -0.2) is 0 Å². The highest BCUT2D eigenvalue weighted by atomic mass is 16.6. The number of nitro benzene ring substituents is 1. The number of hydrogen-bond acceptors (Lipinski definition) is 5. The average Bonchev–Trinajstić information content (AvgIpc) is 2.41. The van der Waals surface area contributed by atoms with E-state index in [0.29, 0.717) is 0 Å². The van der Waals surface area contributed by atoms with Gasteiger partial charge in [-0.1, -0.05) is 0 Å². The number of nitrogens with zero attached hydrogens (tertiary/aromatic N) is 1. The Hall–Kier alpha value is -2.89. The van der Waals surface area contributed by atoms with Gasteiger partial charge in [-0.15, -0.1) is 0 Å². The monoisotopic (exact) mass is 259 g/mol. The summed E-state index contributed by atoms with van der Waals surface area (Å²) in [6.07, 6.45) is 0. The van der Waals surface area contributed by atoms with Crippen LogP contribution in [-0.2, 0) is 0 Å². The third-order valence-corrected chi connectivity index (χ3v) is 2.57. The standard InChI is InChI=1S/C13H9NO5/c15-10-5-6-12(16)11(7-10)13(17)8-1-3-9(4-2-8)14(18)19/h1-7,15-16H. The van der Waals surface area contributed by atoms with Crippen molar-refractivity contribution in [3.05, 3.63) is 63.7 Å². The van der Waals surface area contributed by atoms with Gasteiger partial charge in [0.25, 0.3) is 5.69 Å². The SMILES string of the molecule is O=C(c1ccc([N+](=O)[O-])cc1)c1cc(O)ccc1O. The highest BCUT2D eigenvalue weighted by Gasteiger charge is 2.15. The van der Waals surface area contributed by atoms with Crippen LogP contribution in [0.1, 0.15) is 15.9 Å². The summed E-state index contributed by atoms with van der Waals surface area (Å²) >= 11 is 0. The molecule has 0 aliphatic carbocycles. The van der Waals surface area contributed by atoms with Gasteiger partial charge >= 0.3 is 0 Å². The van der Waals surface area contributed by atoms with E-state index in [1.165, 1.54) is 36.4 Å². The van der Waals surface area contributed by atoms with Gasteiger partial charge in [0.15, 0.2) is 5.78 Å². The smallest absolute Gasteiger partial charge is 0.269 e. The van der Waals surface area contributed by atoms with Crippen molar-refractivity contribution in [1.82, 2.24) is 0 Å². The van der Waals surface area contributed by atoms with Crippen LogP contribution >= 0.6 is 0 Å². The average molecular weight is 259 g/mol. The number of benzene rings is 2. The number of aromatic hydroxyl groups is 2. The van der Waals surface area contributed by atoms with Gasteiger partial charge < -0.3 is 10.2 Å². The van der Waals surface area contributed by atoms with Crippen LogP contribution in [0.5, 0.6) is 11.5 Å². The second-order valence-electron chi connectivity index (χ2n) is 3.83. The van der Waals surface area contributed by atoms with Crippen LogP contribution in [-0.4, -0.2) is 20.9 Å². The number of phenolic OH excluding ortho intramolecular Hbond substituents is 2. The maximum atomic E-state index is 12.1. The molecule has 6 heteroatoms. The zero-order chi connectivity index (χ0) is 14.0. The van der Waals surface area contributed by atoms with E-state index in [9.17, 15) is 25.1 Å². The molecular weight excluding hydrogens is 250 g/mol. The van der Waals surface area contributed by atoms with Crippen LogP contribution in [0.4, 0.5) is 5.69 Å². The summed E-state index contributed by atoms with van der Waals surface area (Å²) in [4.78, 5) is 22.0. The Balaban J connectivity index is 2.38. The van der Waals surface area contributed by atoms with Crippen molar-refractivity contribution < 1.29 is 19.9 Å². The Morgan fingerprint density at radius 2 is 1.68 bits per heavy atom. The molecule has 0 amide bonds. The van der Waals surface area contributed by atoms with E-state index in [1.807, 2.05) is 0 Å². The van der Waals surface area contributed by atoms with Crippen LogP contribution in [0, 0.1) is 10.1 Å². The summed E-state index contributed by atoms with van der Waals surface area (Å²) in [7, 11) is 0. The van der Waals surface area contributed by atoms with Crippen molar-refractivity contribution in [2.24, 2.45) is 0 Å². The van der Waals surface area contributed by atoms with Crippen molar-refractivity contribution in [2.45, 2.75) is 0 Å². The third kappa shape index (κ3) is 2.52. The number of non-ortho nitro benzene ring substituents is 1. The Labute approximate surface area is 107 Å². The number of nitro groups is 1. The molecule has 6 nitrogen and oxygen atoms in total. The van der Waals surface area contributed by atoms with Crippen molar-refractivity contribution in [1.29, 1.82) is 0 Å². The first-order valence-corrected chi connectivity index (χ1v) is 5.30. The Morgan fingerprint density at radius 3 is 2.26 bits per heavy atom. The molecule has 0 atom stereocenters. The fourth-order valence-electron chi connectivity index (χ4n) is 1.60. The predicted molar refractivity (Wildman–Crippen MR) is 66.3 cm³/mol. The highest BCUT2D eigenvalue weighted by molar-refractivity contribution is 6.10. The molecular formula is C13H9NO5. The quantitative estimate of drug-likeness (QED) is 0.381. The molecule has 19 heavy (non-hydrogen) atoms. The largest absolute Gasteiger partial charge is 0.508 e. The number of phenols is 2. The zero-order valence-electron chi connectivity index (χ0n) is 9.61. The lowest BCUT2D eigenvalue weighted by molar-refractivity contribution is -0.384. The molecule has 0 aliphatic rings. The van der Waals surface area contributed by atoms with E-state index in [0.717, 1.165) is 6.07 Å². The molecule has 0 unspecified atom stereocenters. The topological polar surface area (TPSA) is 101 Å². The summed E-state index contributed by atoms with van der Waals surface area (Å²) in [6, 6.07) is 8.59. The fraction of sp³-hybridized carbons (Fsp3) is 0. The molecule has 0 saturated carbocycles. The van der Waals surface area contributed by atoms with Crippen molar-refractivity contribution in [2.75, 3.05) is 0 Å². The van der Waals surface area contributed by atoms with Crippen LogP contribution < -0.4 is 0 Å². The first kappa shape index (κ1) is 12.6. The molecule has 0 aromatic heterocycles. The Bertz CT molecular complexity index is 649. The van der Waals surface area contributed by atoms with E-state index < -0.39 is 10.7 Å². The lowest BCUT2D eigenvalue weighted by Gasteiger charge is -2.04. The van der Waals surface area contributed by atoms with Gasteiger partial charge in [-0.05, 0) is 30.3 Å². The van der Waals surface area contributed by atoms with Gasteiger partial charge in [0.05, 0.1) is 10.5 Å². The van der Waals surface area contributed by atoms with Gasteiger partial charge in [-0.3, -0.25) is 14.9 Å². The van der Waals surface area contributed by atoms with Gasteiger partial charge in [0, 0.05) is 17.7 Å². The van der Waals surface area contributed by atoms with Crippen LogP contribution in [0.25, 0.3) is 0 Å². The fourth-order valence-corrected chi connectivity index (χ4v) is 1.60. The summed E-state index contributed by atoms with van der Waals surface area (Å²) in [5.74, 6) is -0.937. The van der Waals surface area contributed by atoms with Crippen molar-refractivity contribution >= 4 is 11.5 Å². The summed E-state index contributed by atoms with van der Waals surface area (Å²) in [6.45, 7) is 0. The number of carbonyl (C=O) groups excluding carboxylic acids is 1. The molecule has 0 fully saturated rings. The van der Waals surface area contributed by atoms with E-state index >= 15 is 0 Å². The first-order chi connectivity index (χ1) is 8.99. The number of rotatable bonds is 3. The third-order valence-electron chi connectivity index (χ3n) is 2.57. The minimum absolute atomic E-state index is 0.0612. The molecule has 2 aromatic carbocycles. The molecule has 0 saturated heterocycles. The molecule has 2 rings (SSSR count). The van der Waals surface area contributed by atoms with E-state index in [-0.39, 0.29) is 28.3 Å². The molecule has 2 N–H and O–H groups in total. The molecule has 2 aromatic rings. The van der Waals surface area contributed by atoms with Crippen molar-refractivity contribution in [3.8, 4) is 11.5 Å². The van der Waals surface area contributed by atoms with E-state index in [4.69, 9.17) is 0 Å². The number of hydrogen-bond donors (Lipinski definition) is 2. The minimum Gasteiger partial charge on any atom is -0.508 e. The molecule has 0 radical (unpaired) electrons. The van der Waals surface area contributed by atoms with E-state index in [2.05, 4.69) is 0 Å². The summed E-state index contributed by atoms with van der Waals surface area (Å²) in [5, 5.41) is 29.4. The normalized spacial score (nSPS) is 10.1. The second kappa shape index (κ2) is 4.77. The van der Waals surface area contributed by atoms with Crippen molar-refractivity contribution in [3.63, 3.8) is 0 Å². The van der Waals surface area contributed by atoms with E-state index in [1.54, 1.807) is 0 Å². The molecule has 96 valence electrons. The zero-order valence-corrected chi connectivity index (χ0v) is 9.61. The minimum atomic E-state index is -0.569. The maximum absolute atomic E-state index is 12.1. The van der Waals surface area contributed by atoms with Gasteiger partial charge in [0.1, 0.15) is 11.5 Å². The molecule has 0 aliphatic heterocycles. The summed E-state index contributed by atoms with van der Waals surface area (Å²) in [5.41, 5.74) is -0.00275. The Kier molecular flexibility index (Phi) is 3.15. The maximum Gasteiger partial charge on any atom is 0.269 e. The second-order valence-corrected chi connectivity index (χ2v) is 3.83. The van der Waals surface area contributed by atoms with Crippen LogP contribution in [0.2, 0.25) is 0 Å². The molecule has 0 heterocycles. The lowest BCUT2D eigenvalue weighted by Crippen LogP contribution is -2.01. The van der Waals surface area contributed by atoms with Gasteiger partial charge in [-0.2, -0.15) is 0 Å². The van der Waals surface area contributed by atoms with Gasteiger partial charge in [0.2, 0.25) is 0 Å². The highest BCUT2D eigenvalue weighted by Crippen LogP contribution is 2.25. The van der Waals surface area contributed by atoms with Crippen LogP contribution in [0.3, 0.4) is 0 Å². The molecule has 0 bridgehead atoms. The number of ketones is 1. The predicted octanol–water partition coefficient (Wildman–Crippen LogP) is 2.24.